The molecule has 4 heteroatoms. The molecule has 0 aliphatic rings. The Labute approximate surface area is 121 Å². The molecule has 20 heavy (non-hydrogen) atoms. The highest BCUT2D eigenvalue weighted by Crippen LogP contribution is 2.20. The molecule has 0 radical (unpaired) electrons. The maximum atomic E-state index is 11.8. The number of carbonyl (C=O) groups is 1. The van der Waals surface area contributed by atoms with Crippen molar-refractivity contribution in [1.29, 1.82) is 0 Å². The highest BCUT2D eigenvalue weighted by molar-refractivity contribution is 5.77. The van der Waals surface area contributed by atoms with Crippen LogP contribution in [-0.2, 0) is 11.2 Å². The van der Waals surface area contributed by atoms with Gasteiger partial charge in [-0.25, -0.2) is 0 Å². The first-order chi connectivity index (χ1) is 9.60. The molecule has 1 aromatic carbocycles. The van der Waals surface area contributed by atoms with Crippen molar-refractivity contribution in [3.8, 4) is 5.75 Å². The van der Waals surface area contributed by atoms with Gasteiger partial charge < -0.3 is 15.8 Å². The van der Waals surface area contributed by atoms with Crippen molar-refractivity contribution in [3.05, 3.63) is 29.3 Å². The minimum Gasteiger partial charge on any atom is -0.483 e. The Morgan fingerprint density at radius 1 is 1.35 bits per heavy atom. The lowest BCUT2D eigenvalue weighted by Crippen LogP contribution is -2.37. The molecule has 0 unspecified atom stereocenters. The molecule has 1 rings (SSSR count). The molecule has 0 spiro atoms. The minimum atomic E-state index is -0.0713. The fourth-order valence-corrected chi connectivity index (χ4v) is 2.11. The number of amides is 1. The van der Waals surface area contributed by atoms with Crippen molar-refractivity contribution in [2.24, 2.45) is 5.73 Å². The van der Waals surface area contributed by atoms with Gasteiger partial charge in [-0.1, -0.05) is 31.5 Å². The smallest absolute Gasteiger partial charge is 0.258 e. The van der Waals surface area contributed by atoms with Gasteiger partial charge in [0.2, 0.25) is 0 Å². The Bertz CT molecular complexity index is 428. The Hall–Kier alpha value is -1.55. The summed E-state index contributed by atoms with van der Waals surface area (Å²) in [6.07, 6.45) is 2.63. The van der Waals surface area contributed by atoms with Gasteiger partial charge in [-0.15, -0.1) is 0 Å². The second-order valence-electron chi connectivity index (χ2n) is 5.02. The molecule has 1 aromatic rings. The van der Waals surface area contributed by atoms with E-state index in [4.69, 9.17) is 10.5 Å². The molecule has 0 atom stereocenters. The topological polar surface area (TPSA) is 64.3 Å². The van der Waals surface area contributed by atoms with Gasteiger partial charge in [0.15, 0.2) is 6.61 Å². The largest absolute Gasteiger partial charge is 0.483 e. The molecule has 0 saturated carbocycles. The van der Waals surface area contributed by atoms with Gasteiger partial charge in [0, 0.05) is 6.04 Å². The number of nitrogens with two attached hydrogens (primary N) is 1. The van der Waals surface area contributed by atoms with Crippen LogP contribution in [0.1, 0.15) is 37.8 Å². The van der Waals surface area contributed by atoms with E-state index in [0.717, 1.165) is 30.6 Å². The van der Waals surface area contributed by atoms with Crippen molar-refractivity contribution < 1.29 is 9.53 Å². The summed E-state index contributed by atoms with van der Waals surface area (Å²) in [5, 5.41) is 2.96. The van der Waals surface area contributed by atoms with Gasteiger partial charge in [0.1, 0.15) is 5.75 Å². The third-order valence-electron chi connectivity index (χ3n) is 3.34. The van der Waals surface area contributed by atoms with E-state index in [1.807, 2.05) is 19.1 Å². The summed E-state index contributed by atoms with van der Waals surface area (Å²) in [4.78, 5) is 11.8. The minimum absolute atomic E-state index is 0.0527. The normalized spacial score (nSPS) is 10.7. The molecule has 3 N–H and O–H groups in total. The number of hydrogen-bond donors (Lipinski definition) is 2. The maximum absolute atomic E-state index is 11.8. The summed E-state index contributed by atoms with van der Waals surface area (Å²) in [5.41, 5.74) is 7.83. The van der Waals surface area contributed by atoms with Crippen LogP contribution in [0, 0.1) is 6.92 Å². The lowest BCUT2D eigenvalue weighted by Gasteiger charge is -2.16. The average molecular weight is 278 g/mol. The standard InChI is InChI=1S/C16H26N2O2/c1-4-14(5-2)18-16(19)11-20-15-7-6-12(3)10-13(15)8-9-17/h6-7,10,14H,4-5,8-9,11,17H2,1-3H3,(H,18,19). The highest BCUT2D eigenvalue weighted by atomic mass is 16.5. The summed E-state index contributed by atoms with van der Waals surface area (Å²) in [6, 6.07) is 6.17. The molecule has 0 aliphatic heterocycles. The van der Waals surface area contributed by atoms with E-state index < -0.39 is 0 Å². The molecule has 112 valence electrons. The number of aryl methyl sites for hydroxylation is 1. The van der Waals surface area contributed by atoms with E-state index in [1.165, 1.54) is 5.56 Å². The van der Waals surface area contributed by atoms with Crippen molar-refractivity contribution in [3.63, 3.8) is 0 Å². The summed E-state index contributed by atoms with van der Waals surface area (Å²) in [6.45, 7) is 6.78. The number of ether oxygens (including phenoxy) is 1. The number of hydrogen-bond acceptors (Lipinski definition) is 3. The van der Waals surface area contributed by atoms with Gasteiger partial charge in [0.05, 0.1) is 0 Å². The number of carbonyl (C=O) groups excluding carboxylic acids is 1. The second kappa shape index (κ2) is 8.59. The van der Waals surface area contributed by atoms with Crippen molar-refractivity contribution in [1.82, 2.24) is 5.32 Å². The maximum Gasteiger partial charge on any atom is 0.258 e. The number of rotatable bonds is 8. The van der Waals surface area contributed by atoms with Gasteiger partial charge in [-0.3, -0.25) is 4.79 Å². The summed E-state index contributed by atoms with van der Waals surface area (Å²) >= 11 is 0. The molecule has 1 amide bonds. The zero-order valence-corrected chi connectivity index (χ0v) is 12.7. The van der Waals surface area contributed by atoms with Gasteiger partial charge in [0.25, 0.3) is 5.91 Å². The molecule has 0 aliphatic carbocycles. The van der Waals surface area contributed by atoms with Crippen LogP contribution in [0.2, 0.25) is 0 Å². The van der Waals surface area contributed by atoms with Gasteiger partial charge in [-0.2, -0.15) is 0 Å². The Kier molecular flexibility index (Phi) is 7.09. The van der Waals surface area contributed by atoms with Crippen molar-refractivity contribution in [2.75, 3.05) is 13.2 Å². The first-order valence-electron chi connectivity index (χ1n) is 7.32. The van der Waals surface area contributed by atoms with E-state index >= 15 is 0 Å². The van der Waals surface area contributed by atoms with Crippen LogP contribution in [0.5, 0.6) is 5.75 Å². The molecular formula is C16H26N2O2. The van der Waals surface area contributed by atoms with Crippen LogP contribution < -0.4 is 15.8 Å². The molecule has 0 fully saturated rings. The third kappa shape index (κ3) is 5.21. The first kappa shape index (κ1) is 16.5. The quantitative estimate of drug-likeness (QED) is 0.766. The molecule has 0 saturated heterocycles. The predicted molar refractivity (Wildman–Crippen MR) is 81.9 cm³/mol. The van der Waals surface area contributed by atoms with E-state index in [9.17, 15) is 4.79 Å². The SMILES string of the molecule is CCC(CC)NC(=O)COc1ccc(C)cc1CCN. The second-order valence-corrected chi connectivity index (χ2v) is 5.02. The van der Waals surface area contributed by atoms with Crippen LogP contribution >= 0.6 is 0 Å². The van der Waals surface area contributed by atoms with Gasteiger partial charge >= 0.3 is 0 Å². The third-order valence-corrected chi connectivity index (χ3v) is 3.34. The molecule has 0 aromatic heterocycles. The number of benzene rings is 1. The van der Waals surface area contributed by atoms with E-state index in [1.54, 1.807) is 0 Å². The monoisotopic (exact) mass is 278 g/mol. The first-order valence-corrected chi connectivity index (χ1v) is 7.32. The molecule has 0 heterocycles. The summed E-state index contributed by atoms with van der Waals surface area (Å²) < 4.78 is 5.63. The van der Waals surface area contributed by atoms with Crippen molar-refractivity contribution >= 4 is 5.91 Å². The Morgan fingerprint density at radius 2 is 2.05 bits per heavy atom. The molecular weight excluding hydrogens is 252 g/mol. The Balaban J connectivity index is 2.58. The number of nitrogens with one attached hydrogen (secondary N) is 1. The van der Waals surface area contributed by atoms with Crippen LogP contribution in [0.3, 0.4) is 0 Å². The lowest BCUT2D eigenvalue weighted by molar-refractivity contribution is -0.123. The zero-order chi connectivity index (χ0) is 15.0. The van der Waals surface area contributed by atoms with Crippen LogP contribution in [0.4, 0.5) is 0 Å². The highest BCUT2D eigenvalue weighted by Gasteiger charge is 2.10. The van der Waals surface area contributed by atoms with E-state index in [0.29, 0.717) is 6.54 Å². The summed E-state index contributed by atoms with van der Waals surface area (Å²) in [7, 11) is 0. The lowest BCUT2D eigenvalue weighted by atomic mass is 10.1. The van der Waals surface area contributed by atoms with E-state index in [2.05, 4.69) is 25.2 Å². The molecule has 0 bridgehead atoms. The molecule has 4 nitrogen and oxygen atoms in total. The van der Waals surface area contributed by atoms with Crippen LogP contribution in [0.25, 0.3) is 0 Å². The fraction of sp³-hybridized carbons (Fsp3) is 0.562. The predicted octanol–water partition coefficient (Wildman–Crippen LogP) is 2.18. The van der Waals surface area contributed by atoms with Crippen LogP contribution in [-0.4, -0.2) is 25.1 Å². The summed E-state index contributed by atoms with van der Waals surface area (Å²) in [5.74, 6) is 0.679. The zero-order valence-electron chi connectivity index (χ0n) is 12.7. The van der Waals surface area contributed by atoms with E-state index in [-0.39, 0.29) is 18.6 Å². The van der Waals surface area contributed by atoms with Crippen molar-refractivity contribution in [2.45, 2.75) is 46.1 Å². The average Bonchev–Trinajstić information content (AvgIpc) is 2.44. The Morgan fingerprint density at radius 3 is 2.65 bits per heavy atom. The van der Waals surface area contributed by atoms with Gasteiger partial charge in [-0.05, 0) is 44.4 Å². The van der Waals surface area contributed by atoms with Crippen LogP contribution in [0.15, 0.2) is 18.2 Å². The fourth-order valence-electron chi connectivity index (χ4n) is 2.11.